The molecule has 0 atom stereocenters. The molecule has 0 fully saturated rings. The third kappa shape index (κ3) is 4.31. The van der Waals surface area contributed by atoms with E-state index in [2.05, 4.69) is 0 Å². The van der Waals surface area contributed by atoms with Gasteiger partial charge in [0.1, 0.15) is 6.54 Å². The molecule has 0 aliphatic heterocycles. The molecule has 4 heteroatoms. The highest BCUT2D eigenvalue weighted by atomic mass is 79.9. The van der Waals surface area contributed by atoms with Crippen molar-refractivity contribution in [3.05, 3.63) is 28.8 Å². The largest absolute Gasteiger partial charge is 0.872 e. The van der Waals surface area contributed by atoms with Crippen LogP contribution < -0.4 is 5.11 Å². The molecule has 14 heavy (non-hydrogen) atoms. The van der Waals surface area contributed by atoms with Crippen LogP contribution >= 0.6 is 28.6 Å². The first-order chi connectivity index (χ1) is 5.88. The molecule has 0 spiro atoms. The fraction of sp³-hybridized carbons (Fsp3) is 0.400. The summed E-state index contributed by atoms with van der Waals surface area (Å²) in [6, 6.07) is 4.89. The minimum Gasteiger partial charge on any atom is -0.872 e. The van der Waals surface area contributed by atoms with Gasteiger partial charge in [0.15, 0.2) is 0 Å². The lowest BCUT2D eigenvalue weighted by molar-refractivity contribution is -0.884. The molecule has 0 aliphatic carbocycles. The molecule has 0 saturated heterocycles. The lowest BCUT2D eigenvalue weighted by Crippen LogP contribution is -2.33. The number of hydrogen-bond acceptors (Lipinski definition) is 1. The van der Waals surface area contributed by atoms with E-state index in [1.807, 2.05) is 21.1 Å². The first-order valence-electron chi connectivity index (χ1n) is 4.14. The summed E-state index contributed by atoms with van der Waals surface area (Å²) in [5, 5.41) is 12.0. The van der Waals surface area contributed by atoms with Gasteiger partial charge in [0, 0.05) is 5.02 Å². The molecule has 1 rings (SSSR count). The Morgan fingerprint density at radius 1 is 1.29 bits per heavy atom. The quantitative estimate of drug-likeness (QED) is 0.762. The predicted molar refractivity (Wildman–Crippen MR) is 63.0 cm³/mol. The summed E-state index contributed by atoms with van der Waals surface area (Å²) in [6.07, 6.45) is 0. The monoisotopic (exact) mass is 279 g/mol. The molecule has 0 bridgehead atoms. The van der Waals surface area contributed by atoms with Crippen LogP contribution in [0.4, 0.5) is 0 Å². The Bertz CT molecular complexity index is 309. The first-order valence-corrected chi connectivity index (χ1v) is 4.52. The van der Waals surface area contributed by atoms with Crippen LogP contribution in [0.3, 0.4) is 0 Å². The molecule has 0 unspecified atom stereocenters. The van der Waals surface area contributed by atoms with Crippen LogP contribution in [-0.4, -0.2) is 25.6 Å². The highest BCUT2D eigenvalue weighted by Crippen LogP contribution is 2.21. The third-order valence-corrected chi connectivity index (χ3v) is 1.90. The zero-order valence-corrected chi connectivity index (χ0v) is 11.0. The molecule has 0 amide bonds. The summed E-state index contributed by atoms with van der Waals surface area (Å²) >= 11 is 5.80. The van der Waals surface area contributed by atoms with Gasteiger partial charge in [-0.15, -0.1) is 17.0 Å². The van der Waals surface area contributed by atoms with Gasteiger partial charge in [-0.1, -0.05) is 23.4 Å². The van der Waals surface area contributed by atoms with Crippen molar-refractivity contribution in [1.29, 1.82) is 0 Å². The Hall–Kier alpha value is -0.250. The fourth-order valence-electron chi connectivity index (χ4n) is 1.18. The highest BCUT2D eigenvalue weighted by Gasteiger charge is 2.09. The van der Waals surface area contributed by atoms with E-state index in [4.69, 9.17) is 11.6 Å². The van der Waals surface area contributed by atoms with Crippen molar-refractivity contribution in [3.8, 4) is 5.75 Å². The molecular formula is C10H15BrClNO. The number of hydrogen-bond donors (Lipinski definition) is 0. The lowest BCUT2D eigenvalue weighted by atomic mass is 10.2. The van der Waals surface area contributed by atoms with Crippen LogP contribution in [0.25, 0.3) is 0 Å². The van der Waals surface area contributed by atoms with Gasteiger partial charge in [-0.05, 0) is 17.7 Å². The van der Waals surface area contributed by atoms with Gasteiger partial charge in [-0.2, -0.15) is 0 Å². The molecule has 2 nitrogen and oxygen atoms in total. The number of benzene rings is 1. The van der Waals surface area contributed by atoms with Crippen LogP contribution in [0.2, 0.25) is 5.02 Å². The molecule has 0 heterocycles. The summed E-state index contributed by atoms with van der Waals surface area (Å²) < 4.78 is 0.732. The van der Waals surface area contributed by atoms with Crippen molar-refractivity contribution in [1.82, 2.24) is 0 Å². The second-order valence-electron chi connectivity index (χ2n) is 4.20. The van der Waals surface area contributed by atoms with Crippen molar-refractivity contribution >= 4 is 28.6 Å². The minimum atomic E-state index is 0. The number of quaternary nitrogens is 1. The van der Waals surface area contributed by atoms with Crippen molar-refractivity contribution in [2.24, 2.45) is 0 Å². The number of rotatable bonds is 2. The van der Waals surface area contributed by atoms with Gasteiger partial charge in [-0.25, -0.2) is 0 Å². The molecule has 0 radical (unpaired) electrons. The fourth-order valence-corrected chi connectivity index (χ4v) is 1.38. The molecule has 1 aromatic rings. The second-order valence-corrected chi connectivity index (χ2v) is 4.64. The van der Waals surface area contributed by atoms with E-state index in [1.54, 1.807) is 12.1 Å². The van der Waals surface area contributed by atoms with E-state index < -0.39 is 0 Å². The smallest absolute Gasteiger partial charge is 0.103 e. The van der Waals surface area contributed by atoms with Crippen molar-refractivity contribution in [2.45, 2.75) is 6.54 Å². The Kier molecular flexibility index (Phi) is 4.92. The normalized spacial score (nSPS) is 10.9. The maximum absolute atomic E-state index is 11.4. The molecule has 0 N–H and O–H groups in total. The van der Waals surface area contributed by atoms with Crippen LogP contribution in [0.15, 0.2) is 18.2 Å². The summed E-state index contributed by atoms with van der Waals surface area (Å²) in [5.74, 6) is 0.0671. The van der Waals surface area contributed by atoms with E-state index in [-0.39, 0.29) is 22.7 Å². The molecule has 0 saturated carbocycles. The molecular weight excluding hydrogens is 265 g/mol. The summed E-state index contributed by atoms with van der Waals surface area (Å²) in [6.45, 7) is 0.708. The standard InChI is InChI=1S/C10H14ClNO.BrH/c1-12(2,3)7-8-6-9(11)4-5-10(8)13;/h4-6H,7H2,1-3H3;1H. The van der Waals surface area contributed by atoms with Crippen molar-refractivity contribution < 1.29 is 9.59 Å². The molecule has 0 aromatic heterocycles. The Balaban J connectivity index is 0.00000169. The maximum atomic E-state index is 11.4. The average Bonchev–Trinajstić information content (AvgIpc) is 1.94. The topological polar surface area (TPSA) is 23.1 Å². The minimum absolute atomic E-state index is 0. The predicted octanol–water partition coefficient (Wildman–Crippen LogP) is 2.20. The second kappa shape index (κ2) is 5.01. The zero-order valence-electron chi connectivity index (χ0n) is 8.58. The van der Waals surface area contributed by atoms with E-state index >= 15 is 0 Å². The summed E-state index contributed by atoms with van der Waals surface area (Å²) in [4.78, 5) is 0. The average molecular weight is 281 g/mol. The number of nitrogens with zero attached hydrogens (tertiary/aromatic N) is 1. The zero-order chi connectivity index (χ0) is 10.1. The van der Waals surface area contributed by atoms with Crippen LogP contribution in [0.1, 0.15) is 5.56 Å². The van der Waals surface area contributed by atoms with Gasteiger partial charge in [0.25, 0.3) is 0 Å². The van der Waals surface area contributed by atoms with E-state index in [0.717, 1.165) is 10.0 Å². The number of halogens is 2. The lowest BCUT2D eigenvalue weighted by Gasteiger charge is -2.26. The van der Waals surface area contributed by atoms with Gasteiger partial charge in [-0.3, -0.25) is 0 Å². The molecule has 80 valence electrons. The van der Waals surface area contributed by atoms with E-state index in [0.29, 0.717) is 11.6 Å². The summed E-state index contributed by atoms with van der Waals surface area (Å²) in [7, 11) is 6.13. The summed E-state index contributed by atoms with van der Waals surface area (Å²) in [5.41, 5.74) is 0.778. The molecule has 0 aliphatic rings. The van der Waals surface area contributed by atoms with E-state index in [9.17, 15) is 5.11 Å². The Morgan fingerprint density at radius 2 is 1.86 bits per heavy atom. The maximum Gasteiger partial charge on any atom is 0.103 e. The Labute approximate surface area is 100 Å². The van der Waals surface area contributed by atoms with Crippen molar-refractivity contribution in [2.75, 3.05) is 21.1 Å². The first kappa shape index (κ1) is 13.8. The van der Waals surface area contributed by atoms with Crippen LogP contribution in [0.5, 0.6) is 5.75 Å². The molecule has 1 aromatic carbocycles. The van der Waals surface area contributed by atoms with Crippen LogP contribution in [0, 0.1) is 0 Å². The SMILES string of the molecule is Br.C[N+](C)(C)Cc1cc(Cl)ccc1[O-]. The van der Waals surface area contributed by atoms with E-state index in [1.165, 1.54) is 6.07 Å². The Morgan fingerprint density at radius 3 is 2.36 bits per heavy atom. The third-order valence-electron chi connectivity index (χ3n) is 1.67. The van der Waals surface area contributed by atoms with Gasteiger partial charge in [0.05, 0.1) is 21.1 Å². The van der Waals surface area contributed by atoms with Gasteiger partial charge in [0.2, 0.25) is 0 Å². The van der Waals surface area contributed by atoms with Gasteiger partial charge < -0.3 is 9.59 Å². The highest BCUT2D eigenvalue weighted by molar-refractivity contribution is 8.93. The van der Waals surface area contributed by atoms with Crippen LogP contribution in [-0.2, 0) is 6.54 Å². The van der Waals surface area contributed by atoms with Gasteiger partial charge >= 0.3 is 0 Å². The van der Waals surface area contributed by atoms with Crippen molar-refractivity contribution in [3.63, 3.8) is 0 Å².